The van der Waals surface area contributed by atoms with Crippen molar-refractivity contribution in [3.63, 3.8) is 0 Å². The lowest BCUT2D eigenvalue weighted by Crippen LogP contribution is -2.26. The van der Waals surface area contributed by atoms with Crippen molar-refractivity contribution in [2.45, 2.75) is 20.4 Å². The zero-order valence-electron chi connectivity index (χ0n) is 17.6. The van der Waals surface area contributed by atoms with E-state index < -0.39 is 0 Å². The van der Waals surface area contributed by atoms with Gasteiger partial charge in [0.1, 0.15) is 17.2 Å². The number of ether oxygens (including phenoxy) is 1. The third-order valence-corrected chi connectivity index (χ3v) is 5.15. The Labute approximate surface area is 176 Å². The Morgan fingerprint density at radius 2 is 1.87 bits per heavy atom. The second kappa shape index (κ2) is 9.11. The van der Waals surface area contributed by atoms with E-state index in [1.165, 1.54) is 5.56 Å². The Kier molecular flexibility index (Phi) is 6.11. The van der Waals surface area contributed by atoms with E-state index in [1.54, 1.807) is 19.5 Å². The standard InChI is InChI=1S/C23H26N6O/c1-4-28(13-14-30-3)16-18-5-8-22(25-15-18)29-17(2)26-21-7-6-20(27-23(21)29)19-9-11-24-12-10-19/h5-12,15H,4,13-14,16H2,1-3H3. The third kappa shape index (κ3) is 4.22. The summed E-state index contributed by atoms with van der Waals surface area (Å²) < 4.78 is 7.20. The number of hydrogen-bond acceptors (Lipinski definition) is 6. The van der Waals surface area contributed by atoms with Gasteiger partial charge in [0.05, 0.1) is 12.3 Å². The molecule has 0 N–H and O–H groups in total. The number of fused-ring (bicyclic) bond motifs is 1. The molecular formula is C23H26N6O. The van der Waals surface area contributed by atoms with Gasteiger partial charge < -0.3 is 4.74 Å². The maximum Gasteiger partial charge on any atom is 0.166 e. The molecule has 0 saturated carbocycles. The molecule has 0 aliphatic carbocycles. The summed E-state index contributed by atoms with van der Waals surface area (Å²) in [6.45, 7) is 7.59. The van der Waals surface area contributed by atoms with Gasteiger partial charge in [0.2, 0.25) is 0 Å². The molecule has 0 atom stereocenters. The van der Waals surface area contributed by atoms with E-state index in [2.05, 4.69) is 27.9 Å². The van der Waals surface area contributed by atoms with E-state index in [0.717, 1.165) is 60.3 Å². The SMILES string of the molecule is CCN(CCOC)Cc1ccc(-n2c(C)nc3ccc(-c4ccncc4)nc32)nc1. The van der Waals surface area contributed by atoms with Crippen LogP contribution in [0.2, 0.25) is 0 Å². The van der Waals surface area contributed by atoms with Crippen LogP contribution < -0.4 is 0 Å². The molecule has 4 rings (SSSR count). The van der Waals surface area contributed by atoms with Crippen molar-refractivity contribution in [3.8, 4) is 17.1 Å². The fraction of sp³-hybridized carbons (Fsp3) is 0.304. The van der Waals surface area contributed by atoms with Crippen molar-refractivity contribution in [2.24, 2.45) is 0 Å². The number of aromatic nitrogens is 5. The molecule has 4 heterocycles. The lowest BCUT2D eigenvalue weighted by atomic mass is 10.2. The predicted molar refractivity (Wildman–Crippen MR) is 117 cm³/mol. The van der Waals surface area contributed by atoms with Gasteiger partial charge >= 0.3 is 0 Å². The molecule has 30 heavy (non-hydrogen) atoms. The summed E-state index contributed by atoms with van der Waals surface area (Å²) in [4.78, 5) is 20.7. The lowest BCUT2D eigenvalue weighted by molar-refractivity contribution is 0.147. The first-order chi connectivity index (χ1) is 14.7. The Morgan fingerprint density at radius 1 is 1.03 bits per heavy atom. The monoisotopic (exact) mass is 402 g/mol. The molecule has 0 amide bonds. The topological polar surface area (TPSA) is 69.0 Å². The first-order valence-electron chi connectivity index (χ1n) is 10.1. The molecule has 0 saturated heterocycles. The minimum absolute atomic E-state index is 0.727. The van der Waals surface area contributed by atoms with Crippen molar-refractivity contribution >= 4 is 11.2 Å². The van der Waals surface area contributed by atoms with Crippen LogP contribution in [-0.4, -0.2) is 56.2 Å². The molecule has 154 valence electrons. The van der Waals surface area contributed by atoms with E-state index in [1.807, 2.05) is 48.0 Å². The number of hydrogen-bond donors (Lipinski definition) is 0. The summed E-state index contributed by atoms with van der Waals surface area (Å²) in [5.74, 6) is 1.68. The van der Waals surface area contributed by atoms with Gasteiger partial charge in [-0.2, -0.15) is 0 Å². The molecule has 0 aliphatic rings. The number of aryl methyl sites for hydroxylation is 1. The highest BCUT2D eigenvalue weighted by atomic mass is 16.5. The number of imidazole rings is 1. The maximum absolute atomic E-state index is 5.20. The molecule has 0 radical (unpaired) electrons. The van der Waals surface area contributed by atoms with Crippen LogP contribution in [0.25, 0.3) is 28.2 Å². The van der Waals surface area contributed by atoms with Crippen molar-refractivity contribution < 1.29 is 4.74 Å². The van der Waals surface area contributed by atoms with Crippen LogP contribution in [0.15, 0.2) is 55.0 Å². The molecule has 4 aromatic heterocycles. The molecule has 4 aromatic rings. The van der Waals surface area contributed by atoms with Crippen molar-refractivity contribution in [1.82, 2.24) is 29.4 Å². The van der Waals surface area contributed by atoms with Crippen LogP contribution in [0, 0.1) is 6.92 Å². The number of nitrogens with zero attached hydrogens (tertiary/aromatic N) is 6. The van der Waals surface area contributed by atoms with E-state index in [-0.39, 0.29) is 0 Å². The molecule has 0 unspecified atom stereocenters. The summed E-state index contributed by atoms with van der Waals surface area (Å²) in [6.07, 6.45) is 5.48. The van der Waals surface area contributed by atoms with Crippen LogP contribution in [0.1, 0.15) is 18.3 Å². The molecule has 0 aliphatic heterocycles. The Morgan fingerprint density at radius 3 is 2.57 bits per heavy atom. The predicted octanol–water partition coefficient (Wildman–Crippen LogP) is 3.65. The van der Waals surface area contributed by atoms with Gasteiger partial charge in [-0.15, -0.1) is 0 Å². The molecule has 0 bridgehead atoms. The quantitative estimate of drug-likeness (QED) is 0.448. The molecule has 7 heteroatoms. The fourth-order valence-electron chi connectivity index (χ4n) is 3.50. The number of likely N-dealkylation sites (N-methyl/N-ethyl adjacent to an activating group) is 1. The third-order valence-electron chi connectivity index (χ3n) is 5.15. The van der Waals surface area contributed by atoms with Crippen LogP contribution in [0.3, 0.4) is 0 Å². The van der Waals surface area contributed by atoms with Crippen LogP contribution in [-0.2, 0) is 11.3 Å². The average molecular weight is 403 g/mol. The second-order valence-corrected chi connectivity index (χ2v) is 7.16. The van der Waals surface area contributed by atoms with Gasteiger partial charge in [0, 0.05) is 44.4 Å². The minimum atomic E-state index is 0.727. The highest BCUT2D eigenvalue weighted by Crippen LogP contribution is 2.23. The van der Waals surface area contributed by atoms with Crippen molar-refractivity contribution in [3.05, 3.63) is 66.4 Å². The number of pyridine rings is 3. The van der Waals surface area contributed by atoms with Crippen LogP contribution in [0.4, 0.5) is 0 Å². The van der Waals surface area contributed by atoms with Gasteiger partial charge in [0.15, 0.2) is 5.65 Å². The zero-order valence-corrected chi connectivity index (χ0v) is 17.6. The minimum Gasteiger partial charge on any atom is -0.383 e. The van der Waals surface area contributed by atoms with Crippen molar-refractivity contribution in [2.75, 3.05) is 26.8 Å². The Hall–Kier alpha value is -3.16. The fourth-order valence-corrected chi connectivity index (χ4v) is 3.50. The lowest BCUT2D eigenvalue weighted by Gasteiger charge is -2.19. The normalized spacial score (nSPS) is 11.5. The van der Waals surface area contributed by atoms with E-state index in [9.17, 15) is 0 Å². The van der Waals surface area contributed by atoms with Gasteiger partial charge in [-0.1, -0.05) is 13.0 Å². The largest absolute Gasteiger partial charge is 0.383 e. The number of rotatable bonds is 8. The summed E-state index contributed by atoms with van der Waals surface area (Å²) in [5.41, 5.74) is 4.74. The van der Waals surface area contributed by atoms with Crippen molar-refractivity contribution in [1.29, 1.82) is 0 Å². The molecule has 7 nitrogen and oxygen atoms in total. The van der Waals surface area contributed by atoms with Gasteiger partial charge in [-0.05, 0) is 49.4 Å². The smallest absolute Gasteiger partial charge is 0.166 e. The van der Waals surface area contributed by atoms with Gasteiger partial charge in [-0.25, -0.2) is 15.0 Å². The van der Waals surface area contributed by atoms with E-state index in [4.69, 9.17) is 14.7 Å². The second-order valence-electron chi connectivity index (χ2n) is 7.16. The molecular weight excluding hydrogens is 376 g/mol. The first kappa shape index (κ1) is 20.1. The first-order valence-corrected chi connectivity index (χ1v) is 10.1. The Bertz CT molecular complexity index is 1110. The van der Waals surface area contributed by atoms with Gasteiger partial charge in [0.25, 0.3) is 0 Å². The van der Waals surface area contributed by atoms with E-state index >= 15 is 0 Å². The van der Waals surface area contributed by atoms with E-state index in [0.29, 0.717) is 0 Å². The number of methoxy groups -OCH3 is 1. The average Bonchev–Trinajstić information content (AvgIpc) is 3.12. The summed E-state index contributed by atoms with van der Waals surface area (Å²) >= 11 is 0. The molecule has 0 aromatic carbocycles. The summed E-state index contributed by atoms with van der Waals surface area (Å²) in [6, 6.07) is 12.1. The van der Waals surface area contributed by atoms with Gasteiger partial charge in [-0.3, -0.25) is 14.5 Å². The van der Waals surface area contributed by atoms with Crippen LogP contribution in [0.5, 0.6) is 0 Å². The Balaban J connectivity index is 1.64. The molecule has 0 spiro atoms. The summed E-state index contributed by atoms with van der Waals surface area (Å²) in [5, 5.41) is 0. The maximum atomic E-state index is 5.20. The molecule has 0 fully saturated rings. The highest BCUT2D eigenvalue weighted by molar-refractivity contribution is 5.77. The summed E-state index contributed by atoms with van der Waals surface area (Å²) in [7, 11) is 1.73. The zero-order chi connectivity index (χ0) is 20.9. The highest BCUT2D eigenvalue weighted by Gasteiger charge is 2.13. The van der Waals surface area contributed by atoms with Crippen LogP contribution >= 0.6 is 0 Å².